The molecule has 0 radical (unpaired) electrons. The van der Waals surface area contributed by atoms with Gasteiger partial charge in [0, 0.05) is 30.0 Å². The normalized spacial score (nSPS) is 20.1. The molecule has 8 heteroatoms. The predicted molar refractivity (Wildman–Crippen MR) is 139 cm³/mol. The lowest BCUT2D eigenvalue weighted by Gasteiger charge is -2.31. The molecule has 3 aromatic rings. The van der Waals surface area contributed by atoms with Crippen LogP contribution in [-0.2, 0) is 19.7 Å². The molecule has 1 atom stereocenters. The van der Waals surface area contributed by atoms with Gasteiger partial charge in [-0.25, -0.2) is 0 Å². The SMILES string of the molecule is O=C(Nc1ccc2c(c1)NC(=O)C21CCOCC1)[C@@H](Nc1cc2ccccc2nn1)C1CCCCC1. The number of ether oxygens (including phenoxy) is 1. The van der Waals surface area contributed by atoms with Gasteiger partial charge in [-0.15, -0.1) is 10.2 Å². The molecular weight excluding hydrogens is 454 g/mol. The van der Waals surface area contributed by atoms with Crippen molar-refractivity contribution < 1.29 is 14.3 Å². The summed E-state index contributed by atoms with van der Waals surface area (Å²) in [5.41, 5.74) is 2.76. The summed E-state index contributed by atoms with van der Waals surface area (Å²) in [6.45, 7) is 1.16. The van der Waals surface area contributed by atoms with E-state index in [1.165, 1.54) is 6.42 Å². The molecule has 0 unspecified atom stereocenters. The fourth-order valence-corrected chi connectivity index (χ4v) is 6.02. The first kappa shape index (κ1) is 22.9. The monoisotopic (exact) mass is 485 g/mol. The molecule has 3 N–H and O–H groups in total. The van der Waals surface area contributed by atoms with Gasteiger partial charge in [-0.05, 0) is 61.4 Å². The minimum Gasteiger partial charge on any atom is -0.381 e. The van der Waals surface area contributed by atoms with Crippen molar-refractivity contribution in [2.24, 2.45) is 5.92 Å². The maximum atomic E-state index is 13.6. The third-order valence-electron chi connectivity index (χ3n) is 8.03. The molecule has 1 saturated carbocycles. The number of amides is 2. The van der Waals surface area contributed by atoms with Gasteiger partial charge in [0.15, 0.2) is 0 Å². The van der Waals surface area contributed by atoms with Crippen LogP contribution in [0.4, 0.5) is 17.2 Å². The van der Waals surface area contributed by atoms with E-state index in [9.17, 15) is 9.59 Å². The molecule has 36 heavy (non-hydrogen) atoms. The highest BCUT2D eigenvalue weighted by atomic mass is 16.5. The number of nitrogens with zero attached hydrogens (tertiary/aromatic N) is 2. The number of anilines is 3. The predicted octanol–water partition coefficient (Wildman–Crippen LogP) is 4.63. The average molecular weight is 486 g/mol. The van der Waals surface area contributed by atoms with Gasteiger partial charge in [-0.3, -0.25) is 9.59 Å². The van der Waals surface area contributed by atoms with Gasteiger partial charge in [0.2, 0.25) is 11.8 Å². The molecule has 2 amide bonds. The van der Waals surface area contributed by atoms with Crippen molar-refractivity contribution in [2.75, 3.05) is 29.2 Å². The Labute approximate surface area is 210 Å². The van der Waals surface area contributed by atoms with Crippen LogP contribution in [0.1, 0.15) is 50.5 Å². The van der Waals surface area contributed by atoms with Gasteiger partial charge in [0.05, 0.1) is 10.9 Å². The molecule has 1 spiro atoms. The minimum atomic E-state index is -0.517. The Morgan fingerprint density at radius 3 is 2.67 bits per heavy atom. The van der Waals surface area contributed by atoms with E-state index in [2.05, 4.69) is 26.1 Å². The molecule has 1 saturated heterocycles. The summed E-state index contributed by atoms with van der Waals surface area (Å²) >= 11 is 0. The van der Waals surface area contributed by atoms with Crippen LogP contribution >= 0.6 is 0 Å². The zero-order chi connectivity index (χ0) is 24.5. The van der Waals surface area contributed by atoms with Gasteiger partial charge in [-0.1, -0.05) is 43.5 Å². The molecule has 2 fully saturated rings. The molecule has 3 heterocycles. The summed E-state index contributed by atoms with van der Waals surface area (Å²) in [4.78, 5) is 26.5. The first-order chi connectivity index (χ1) is 17.6. The maximum absolute atomic E-state index is 13.6. The van der Waals surface area contributed by atoms with Gasteiger partial charge in [-0.2, -0.15) is 0 Å². The van der Waals surface area contributed by atoms with E-state index in [0.717, 1.165) is 47.8 Å². The summed E-state index contributed by atoms with van der Waals surface area (Å²) in [6.07, 6.45) is 6.80. The van der Waals surface area contributed by atoms with Crippen LogP contribution < -0.4 is 16.0 Å². The second-order valence-electron chi connectivity index (χ2n) is 10.2. The Kier molecular flexibility index (Phi) is 6.05. The lowest BCUT2D eigenvalue weighted by molar-refractivity contribution is -0.124. The standard InChI is InChI=1S/C28H31N5O3/c34-26(29-20-10-11-21-23(17-20)30-27(35)28(21)12-14-36-15-13-28)25(18-6-2-1-3-7-18)31-24-16-19-8-4-5-9-22(19)32-33-24/h4-5,8-11,16-18,25H,1-3,6-7,12-15H2,(H,29,34)(H,30,35)(H,31,33)/t25-/m0/s1. The second kappa shape index (κ2) is 9.50. The molecule has 0 bridgehead atoms. The van der Waals surface area contributed by atoms with Gasteiger partial charge in [0.25, 0.3) is 0 Å². The highest BCUT2D eigenvalue weighted by Crippen LogP contribution is 2.45. The zero-order valence-corrected chi connectivity index (χ0v) is 20.3. The number of fused-ring (bicyclic) bond motifs is 3. The fourth-order valence-electron chi connectivity index (χ4n) is 6.02. The van der Waals surface area contributed by atoms with Crippen LogP contribution in [0.2, 0.25) is 0 Å². The van der Waals surface area contributed by atoms with Crippen LogP contribution in [-0.4, -0.2) is 41.3 Å². The average Bonchev–Trinajstić information content (AvgIpc) is 3.17. The van der Waals surface area contributed by atoms with Gasteiger partial charge in [0.1, 0.15) is 11.9 Å². The molecule has 186 valence electrons. The number of aromatic nitrogens is 2. The number of carbonyl (C=O) groups is 2. The van der Waals surface area contributed by atoms with E-state index >= 15 is 0 Å². The van der Waals surface area contributed by atoms with Crippen molar-refractivity contribution in [1.29, 1.82) is 0 Å². The summed E-state index contributed by atoms with van der Waals surface area (Å²) in [5.74, 6) is 0.747. The second-order valence-corrected chi connectivity index (χ2v) is 10.2. The zero-order valence-electron chi connectivity index (χ0n) is 20.3. The third-order valence-corrected chi connectivity index (χ3v) is 8.03. The van der Waals surface area contributed by atoms with E-state index in [-0.39, 0.29) is 17.7 Å². The summed E-state index contributed by atoms with van der Waals surface area (Å²) < 4.78 is 5.50. The maximum Gasteiger partial charge on any atom is 0.247 e. The van der Waals surface area contributed by atoms with Crippen LogP contribution in [0.3, 0.4) is 0 Å². The number of benzene rings is 2. The molecule has 1 aliphatic carbocycles. The van der Waals surface area contributed by atoms with E-state index < -0.39 is 11.5 Å². The van der Waals surface area contributed by atoms with Crippen LogP contribution in [0.15, 0.2) is 48.5 Å². The Morgan fingerprint density at radius 2 is 1.83 bits per heavy atom. The number of hydrogen-bond acceptors (Lipinski definition) is 6. The minimum absolute atomic E-state index is 0.0286. The van der Waals surface area contributed by atoms with E-state index in [0.29, 0.717) is 37.6 Å². The lowest BCUT2D eigenvalue weighted by atomic mass is 9.75. The van der Waals surface area contributed by atoms with Crippen LogP contribution in [0, 0.1) is 5.92 Å². The number of carbonyl (C=O) groups excluding carboxylic acids is 2. The number of hydrogen-bond donors (Lipinski definition) is 3. The Morgan fingerprint density at radius 1 is 1.03 bits per heavy atom. The quantitative estimate of drug-likeness (QED) is 0.487. The molecule has 8 nitrogen and oxygen atoms in total. The lowest BCUT2D eigenvalue weighted by Crippen LogP contribution is -2.42. The molecule has 3 aliphatic rings. The van der Waals surface area contributed by atoms with Crippen LogP contribution in [0.5, 0.6) is 0 Å². The van der Waals surface area contributed by atoms with Crippen molar-refractivity contribution in [1.82, 2.24) is 10.2 Å². The van der Waals surface area contributed by atoms with Crippen LogP contribution in [0.25, 0.3) is 10.9 Å². The Hall–Kier alpha value is -3.52. The highest BCUT2D eigenvalue weighted by Gasteiger charge is 2.47. The molecule has 2 aromatic carbocycles. The van der Waals surface area contributed by atoms with Crippen molar-refractivity contribution in [3.8, 4) is 0 Å². The van der Waals surface area contributed by atoms with Gasteiger partial charge < -0.3 is 20.7 Å². The van der Waals surface area contributed by atoms with Crippen molar-refractivity contribution in [2.45, 2.75) is 56.4 Å². The molecule has 1 aromatic heterocycles. The smallest absolute Gasteiger partial charge is 0.247 e. The topological polar surface area (TPSA) is 105 Å². The first-order valence-electron chi connectivity index (χ1n) is 13.0. The number of rotatable bonds is 5. The third kappa shape index (κ3) is 4.19. The van der Waals surface area contributed by atoms with E-state index in [1.807, 2.05) is 48.5 Å². The Bertz CT molecular complexity index is 1300. The molecule has 2 aliphatic heterocycles. The number of nitrogens with one attached hydrogen (secondary N) is 3. The highest BCUT2D eigenvalue weighted by molar-refractivity contribution is 6.07. The molecular formula is C28H31N5O3. The summed E-state index contributed by atoms with van der Waals surface area (Å²) in [6, 6.07) is 15.1. The Balaban J connectivity index is 1.24. The van der Waals surface area contributed by atoms with Crippen molar-refractivity contribution >= 4 is 39.9 Å². The largest absolute Gasteiger partial charge is 0.381 e. The first-order valence-corrected chi connectivity index (χ1v) is 13.0. The van der Waals surface area contributed by atoms with Crippen molar-refractivity contribution in [3.05, 3.63) is 54.1 Å². The molecule has 6 rings (SSSR count). The summed E-state index contributed by atoms with van der Waals surface area (Å²) in [5, 5.41) is 19.2. The van der Waals surface area contributed by atoms with E-state index in [1.54, 1.807) is 0 Å². The van der Waals surface area contributed by atoms with Crippen molar-refractivity contribution in [3.63, 3.8) is 0 Å². The summed E-state index contributed by atoms with van der Waals surface area (Å²) in [7, 11) is 0. The van der Waals surface area contributed by atoms with Gasteiger partial charge >= 0.3 is 0 Å². The fraction of sp³-hybridized carbons (Fsp3) is 0.429. The van der Waals surface area contributed by atoms with E-state index in [4.69, 9.17) is 4.74 Å².